The van der Waals surface area contributed by atoms with E-state index < -0.39 is 18.1 Å². The minimum absolute atomic E-state index is 0.0330. The number of carbonyl (C=O) groups is 1. The zero-order chi connectivity index (χ0) is 24.8. The van der Waals surface area contributed by atoms with Crippen LogP contribution < -0.4 is 31.6 Å². The van der Waals surface area contributed by atoms with Gasteiger partial charge in [0.05, 0.1) is 18.9 Å². The number of anilines is 3. The molecule has 1 aromatic carbocycles. The van der Waals surface area contributed by atoms with Crippen LogP contribution in [0.4, 0.5) is 17.3 Å². The minimum atomic E-state index is -0.852. The van der Waals surface area contributed by atoms with Crippen LogP contribution in [0, 0.1) is 22.8 Å². The third-order valence-electron chi connectivity index (χ3n) is 4.86. The Labute approximate surface area is 196 Å². The summed E-state index contributed by atoms with van der Waals surface area (Å²) in [7, 11) is 0. The van der Waals surface area contributed by atoms with Crippen LogP contribution in [-0.2, 0) is 9.53 Å². The molecular weight excluding hydrogens is 440 g/mol. The predicted octanol–water partition coefficient (Wildman–Crippen LogP) is 1.79. The molecular formula is C22H24N8O4. The summed E-state index contributed by atoms with van der Waals surface area (Å²) < 4.78 is 16.5. The Hall–Kier alpha value is -4.71. The lowest BCUT2D eigenvalue weighted by Gasteiger charge is -2.26. The monoisotopic (exact) mass is 464 g/mol. The average molecular weight is 464 g/mol. The summed E-state index contributed by atoms with van der Waals surface area (Å²) >= 11 is 0. The van der Waals surface area contributed by atoms with Gasteiger partial charge < -0.3 is 31.0 Å². The van der Waals surface area contributed by atoms with Crippen LogP contribution in [0.1, 0.15) is 43.5 Å². The Morgan fingerprint density at radius 2 is 2.03 bits per heavy atom. The fourth-order valence-electron chi connectivity index (χ4n) is 3.38. The van der Waals surface area contributed by atoms with Crippen LogP contribution in [0.2, 0.25) is 0 Å². The van der Waals surface area contributed by atoms with Gasteiger partial charge in [-0.2, -0.15) is 10.5 Å². The number of aromatic nitrogens is 1. The predicted molar refractivity (Wildman–Crippen MR) is 124 cm³/mol. The van der Waals surface area contributed by atoms with Crippen LogP contribution in [0.3, 0.4) is 0 Å². The molecule has 0 spiro atoms. The number of hydrogen-bond donors (Lipinski definition) is 4. The molecule has 1 aliphatic rings. The highest BCUT2D eigenvalue weighted by Gasteiger charge is 2.30. The first-order valence-corrected chi connectivity index (χ1v) is 10.4. The van der Waals surface area contributed by atoms with Crippen LogP contribution in [0.15, 0.2) is 23.2 Å². The normalized spacial score (nSPS) is 14.9. The van der Waals surface area contributed by atoms with Crippen molar-refractivity contribution in [2.45, 2.75) is 32.9 Å². The summed E-state index contributed by atoms with van der Waals surface area (Å²) in [5, 5.41) is 23.8. The van der Waals surface area contributed by atoms with E-state index in [2.05, 4.69) is 20.6 Å². The van der Waals surface area contributed by atoms with Gasteiger partial charge in [-0.15, -0.1) is 0 Å². The molecule has 0 saturated carbocycles. The zero-order valence-electron chi connectivity index (χ0n) is 18.9. The molecule has 0 saturated heterocycles. The fraction of sp³-hybridized carbons (Fsp3) is 0.318. The molecule has 12 heteroatoms. The molecule has 0 aliphatic carbocycles. The molecule has 0 radical (unpaired) electrons. The zero-order valence-corrected chi connectivity index (χ0v) is 18.9. The third kappa shape index (κ3) is 4.71. The molecule has 6 N–H and O–H groups in total. The molecule has 2 atom stereocenters. The minimum Gasteiger partial charge on any atom is -0.490 e. The van der Waals surface area contributed by atoms with Crippen molar-refractivity contribution in [1.29, 1.82) is 10.5 Å². The van der Waals surface area contributed by atoms with E-state index in [4.69, 9.17) is 30.9 Å². The first-order chi connectivity index (χ1) is 16.3. The van der Waals surface area contributed by atoms with Crippen LogP contribution in [0.5, 0.6) is 11.5 Å². The molecule has 1 aliphatic heterocycles. The van der Waals surface area contributed by atoms with Crippen LogP contribution in [0.25, 0.3) is 0 Å². The van der Waals surface area contributed by atoms with E-state index in [1.165, 1.54) is 0 Å². The Balaban J connectivity index is 2.09. The number of rotatable bonds is 7. The molecule has 3 rings (SSSR count). The van der Waals surface area contributed by atoms with Crippen molar-refractivity contribution >= 4 is 29.3 Å². The van der Waals surface area contributed by atoms with Gasteiger partial charge in [0.15, 0.2) is 23.8 Å². The summed E-state index contributed by atoms with van der Waals surface area (Å²) in [5.74, 6) is 0.546. The number of benzene rings is 1. The summed E-state index contributed by atoms with van der Waals surface area (Å²) in [6, 6.07) is 6.25. The third-order valence-corrected chi connectivity index (χ3v) is 4.86. The highest BCUT2D eigenvalue weighted by atomic mass is 16.6. The lowest BCUT2D eigenvalue weighted by Crippen LogP contribution is -2.32. The molecule has 0 bridgehead atoms. The van der Waals surface area contributed by atoms with E-state index in [0.717, 1.165) is 0 Å². The lowest BCUT2D eigenvalue weighted by molar-refractivity contribution is -0.150. The molecule has 12 nitrogen and oxygen atoms in total. The van der Waals surface area contributed by atoms with E-state index in [9.17, 15) is 10.1 Å². The number of fused-ring (bicyclic) bond motifs is 1. The highest BCUT2D eigenvalue weighted by molar-refractivity contribution is 5.98. The molecule has 176 valence electrons. The number of nitrogens with one attached hydrogen (secondary N) is 2. The molecule has 2 heterocycles. The Morgan fingerprint density at radius 3 is 2.68 bits per heavy atom. The average Bonchev–Trinajstić information content (AvgIpc) is 2.80. The molecule has 34 heavy (non-hydrogen) atoms. The maximum Gasteiger partial charge on any atom is 0.347 e. The quantitative estimate of drug-likeness (QED) is 0.265. The van der Waals surface area contributed by atoms with Crippen LogP contribution in [-0.4, -0.2) is 36.2 Å². The first-order valence-electron chi connectivity index (χ1n) is 10.4. The molecule has 2 aromatic rings. The summed E-state index contributed by atoms with van der Waals surface area (Å²) in [6.07, 6.45) is 0.949. The number of nitrogens with two attached hydrogens (primary N) is 2. The van der Waals surface area contributed by atoms with E-state index in [0.29, 0.717) is 29.2 Å². The van der Waals surface area contributed by atoms with E-state index in [1.807, 2.05) is 13.0 Å². The number of carbonyl (C=O) groups excluding carboxylic acids is 1. The summed E-state index contributed by atoms with van der Waals surface area (Å²) in [5.41, 5.74) is 13.3. The van der Waals surface area contributed by atoms with E-state index >= 15 is 0 Å². The second-order valence-electron chi connectivity index (χ2n) is 7.05. The number of nitrogen functional groups attached to an aromatic ring is 2. The Morgan fingerprint density at radius 1 is 1.26 bits per heavy atom. The van der Waals surface area contributed by atoms with Crippen molar-refractivity contribution in [2.75, 3.05) is 30.0 Å². The largest absolute Gasteiger partial charge is 0.490 e. The lowest BCUT2D eigenvalue weighted by atomic mass is 9.95. The standard InChI is InChI=1S/C22H24N8O4/c1-4-32-15-8-12(6-7-14(15)34-11(3)21(31)33-5-2)18-16-17(25)13(9-23)19(26)29-20(16)30-22(28-18)27-10-24/h6-8,11,18H,4-5H2,1-3H3,(H6,25,26,27,28,29,30). The van der Waals surface area contributed by atoms with Crippen molar-refractivity contribution < 1.29 is 19.0 Å². The number of aliphatic imine (C=N–C) groups is 1. The number of esters is 1. The number of hydrogen-bond acceptors (Lipinski definition) is 12. The number of nitriles is 2. The van der Waals surface area contributed by atoms with Crippen molar-refractivity contribution in [1.82, 2.24) is 10.3 Å². The maximum absolute atomic E-state index is 12.0. The summed E-state index contributed by atoms with van der Waals surface area (Å²) in [4.78, 5) is 20.7. The summed E-state index contributed by atoms with van der Waals surface area (Å²) in [6.45, 7) is 5.67. The van der Waals surface area contributed by atoms with Gasteiger partial charge in [0.2, 0.25) is 5.96 Å². The van der Waals surface area contributed by atoms with Crippen LogP contribution >= 0.6 is 0 Å². The van der Waals surface area contributed by atoms with Crippen molar-refractivity contribution in [3.63, 3.8) is 0 Å². The maximum atomic E-state index is 12.0. The van der Waals surface area contributed by atoms with Gasteiger partial charge in [-0.3, -0.25) is 5.32 Å². The van der Waals surface area contributed by atoms with E-state index in [1.54, 1.807) is 38.2 Å². The molecule has 1 aromatic heterocycles. The smallest absolute Gasteiger partial charge is 0.347 e. The topological polar surface area (TPSA) is 194 Å². The Kier molecular flexibility index (Phi) is 7.23. The number of guanidine groups is 1. The second-order valence-corrected chi connectivity index (χ2v) is 7.05. The van der Waals surface area contributed by atoms with Gasteiger partial charge in [-0.25, -0.2) is 14.8 Å². The molecule has 2 unspecified atom stereocenters. The first kappa shape index (κ1) is 23.9. The van der Waals surface area contributed by atoms with Gasteiger partial charge in [0, 0.05) is 5.56 Å². The number of ether oxygens (including phenoxy) is 3. The van der Waals surface area contributed by atoms with Crippen molar-refractivity contribution in [3.05, 3.63) is 34.9 Å². The van der Waals surface area contributed by atoms with Gasteiger partial charge in [-0.1, -0.05) is 6.07 Å². The van der Waals surface area contributed by atoms with E-state index in [-0.39, 0.29) is 35.5 Å². The van der Waals surface area contributed by atoms with Gasteiger partial charge in [-0.05, 0) is 38.5 Å². The van der Waals surface area contributed by atoms with Crippen molar-refractivity contribution in [2.24, 2.45) is 4.99 Å². The van der Waals surface area contributed by atoms with Gasteiger partial charge >= 0.3 is 5.97 Å². The molecule has 0 amide bonds. The highest BCUT2D eigenvalue weighted by Crippen LogP contribution is 2.42. The number of nitrogens with zero attached hydrogens (tertiary/aromatic N) is 4. The number of pyridine rings is 1. The van der Waals surface area contributed by atoms with Crippen molar-refractivity contribution in [3.8, 4) is 23.8 Å². The SMILES string of the molecule is CCOC(=O)C(C)Oc1ccc(C2N=C(NC#N)Nc3nc(N)c(C#N)c(N)c32)cc1OCC. The Bertz CT molecular complexity index is 1210. The fourth-order valence-corrected chi connectivity index (χ4v) is 3.38. The van der Waals surface area contributed by atoms with Gasteiger partial charge in [0.25, 0.3) is 0 Å². The molecule has 0 fully saturated rings. The second kappa shape index (κ2) is 10.3. The van der Waals surface area contributed by atoms with Gasteiger partial charge in [0.1, 0.15) is 29.3 Å².